The molecule has 0 aromatic rings. The maximum Gasteiger partial charge on any atom is 1.00 e. The van der Waals surface area contributed by atoms with Crippen molar-refractivity contribution in [2.24, 2.45) is 0 Å². The first kappa shape index (κ1) is 33.6. The Hall–Kier alpha value is 0.380. The first-order valence-electron chi connectivity index (χ1n) is 12.5. The number of nitrogens with zero attached hydrogens (tertiary/aromatic N) is 1. The summed E-state index contributed by atoms with van der Waals surface area (Å²) in [5.41, 5.74) is 0. The quantitative estimate of drug-likeness (QED) is 0.138. The average molecular weight is 470 g/mol. The molecule has 5 nitrogen and oxygen atoms in total. The summed E-state index contributed by atoms with van der Waals surface area (Å²) in [4.78, 5) is 13.2. The Bertz CT molecular complexity index is 500. The maximum absolute atomic E-state index is 11.9. The molecule has 7 heteroatoms. The van der Waals surface area contributed by atoms with E-state index >= 15 is 0 Å². The summed E-state index contributed by atoms with van der Waals surface area (Å²) in [6.07, 6.45) is 24.1. The van der Waals surface area contributed by atoms with Gasteiger partial charge in [-0.15, -0.1) is 0 Å². The van der Waals surface area contributed by atoms with E-state index in [0.29, 0.717) is 6.42 Å². The van der Waals surface area contributed by atoms with Crippen LogP contribution in [0, 0.1) is 0 Å². The van der Waals surface area contributed by atoms with Gasteiger partial charge in [-0.25, -0.2) is 8.42 Å². The number of amides is 1. The van der Waals surface area contributed by atoms with E-state index in [1.807, 2.05) is 0 Å². The van der Waals surface area contributed by atoms with Crippen LogP contribution in [0.2, 0.25) is 0 Å². The molecule has 0 aliphatic rings. The van der Waals surface area contributed by atoms with Gasteiger partial charge < -0.3 is 9.45 Å². The summed E-state index contributed by atoms with van der Waals surface area (Å²) >= 11 is 0. The molecule has 0 saturated heterocycles. The molecule has 0 spiro atoms. The minimum absolute atomic E-state index is 0. The van der Waals surface area contributed by atoms with Gasteiger partial charge in [0.1, 0.15) is 0 Å². The van der Waals surface area contributed by atoms with Crippen molar-refractivity contribution in [1.29, 1.82) is 0 Å². The van der Waals surface area contributed by atoms with Crippen molar-refractivity contribution in [1.82, 2.24) is 4.90 Å². The van der Waals surface area contributed by atoms with Crippen molar-refractivity contribution in [2.75, 3.05) is 19.3 Å². The molecule has 0 aliphatic heterocycles. The molecular weight excluding hydrogens is 421 g/mol. The van der Waals surface area contributed by atoms with Gasteiger partial charge in [-0.1, -0.05) is 116 Å². The Morgan fingerprint density at radius 3 is 1.32 bits per heavy atom. The summed E-state index contributed by atoms with van der Waals surface area (Å²) in [5.74, 6) is -0.580. The second-order valence-electron chi connectivity index (χ2n) is 8.84. The summed E-state index contributed by atoms with van der Waals surface area (Å²) < 4.78 is 31.8. The van der Waals surface area contributed by atoms with Crippen LogP contribution >= 0.6 is 0 Å². The molecule has 0 rings (SSSR count). The second kappa shape index (κ2) is 23.5. The number of hydrogen-bond acceptors (Lipinski definition) is 4. The van der Waals surface area contributed by atoms with Crippen LogP contribution in [0.25, 0.3) is 0 Å². The molecule has 0 aromatic carbocycles. The second-order valence-corrected chi connectivity index (χ2v) is 10.4. The Balaban J connectivity index is 0. The zero-order valence-corrected chi connectivity index (χ0v) is 23.7. The minimum Gasteiger partial charge on any atom is -0.748 e. The maximum atomic E-state index is 11.9. The topological polar surface area (TPSA) is 77.5 Å². The van der Waals surface area contributed by atoms with Gasteiger partial charge in [0.15, 0.2) is 0 Å². The molecule has 0 radical (unpaired) electrons. The molecule has 0 bridgehead atoms. The Labute approximate surface area is 215 Å². The van der Waals surface area contributed by atoms with Gasteiger partial charge >= 0.3 is 29.6 Å². The molecule has 0 aliphatic carbocycles. The van der Waals surface area contributed by atoms with Crippen molar-refractivity contribution in [3.05, 3.63) is 0 Å². The van der Waals surface area contributed by atoms with Crippen LogP contribution in [-0.2, 0) is 14.9 Å². The third-order valence-electron chi connectivity index (χ3n) is 5.85. The van der Waals surface area contributed by atoms with Crippen LogP contribution in [0.5, 0.6) is 0 Å². The zero-order chi connectivity index (χ0) is 22.5. The summed E-state index contributed by atoms with van der Waals surface area (Å²) in [6, 6.07) is 0. The number of carbonyl (C=O) groups excluding carboxylic acids is 1. The predicted octanol–water partition coefficient (Wildman–Crippen LogP) is 3.43. The van der Waals surface area contributed by atoms with Crippen LogP contribution < -0.4 is 29.6 Å². The number of hydrogen-bond donors (Lipinski definition) is 0. The van der Waals surface area contributed by atoms with Gasteiger partial charge in [0.05, 0.1) is 15.9 Å². The minimum atomic E-state index is -4.25. The zero-order valence-electron chi connectivity index (χ0n) is 20.8. The molecule has 31 heavy (non-hydrogen) atoms. The monoisotopic (exact) mass is 469 g/mol. The van der Waals surface area contributed by atoms with Gasteiger partial charge in [-0.05, 0) is 6.42 Å². The standard InChI is InChI=1S/C24H49NO4S.Na/c1-3-4-5-6-7-8-9-10-11-12-13-14-15-16-17-18-19-20-21-24(26)25(2)22-23-30(27,28)29;/h3-23H2,1-2H3,(H,27,28,29);/q;+1/p-1. The molecule has 0 fully saturated rings. The summed E-state index contributed by atoms with van der Waals surface area (Å²) in [7, 11) is -2.69. The van der Waals surface area contributed by atoms with Crippen molar-refractivity contribution in [3.8, 4) is 0 Å². The van der Waals surface area contributed by atoms with Crippen molar-refractivity contribution in [3.63, 3.8) is 0 Å². The first-order valence-corrected chi connectivity index (χ1v) is 14.1. The number of rotatable bonds is 22. The van der Waals surface area contributed by atoms with Gasteiger partial charge in [-0.3, -0.25) is 4.79 Å². The van der Waals surface area contributed by atoms with Gasteiger partial charge in [0.25, 0.3) is 0 Å². The third kappa shape index (κ3) is 26.5. The van der Waals surface area contributed by atoms with E-state index < -0.39 is 15.9 Å². The molecule has 0 aromatic heterocycles. The predicted molar refractivity (Wildman–Crippen MR) is 126 cm³/mol. The smallest absolute Gasteiger partial charge is 0.748 e. The number of carbonyl (C=O) groups is 1. The Morgan fingerprint density at radius 1 is 0.677 bits per heavy atom. The largest absolute Gasteiger partial charge is 1.00 e. The van der Waals surface area contributed by atoms with Crippen molar-refractivity contribution < 1.29 is 47.3 Å². The van der Waals surface area contributed by atoms with Gasteiger partial charge in [0, 0.05) is 20.0 Å². The summed E-state index contributed by atoms with van der Waals surface area (Å²) in [6.45, 7) is 2.26. The van der Waals surface area contributed by atoms with E-state index in [4.69, 9.17) is 0 Å². The van der Waals surface area contributed by atoms with Crippen LogP contribution in [0.3, 0.4) is 0 Å². The van der Waals surface area contributed by atoms with Crippen LogP contribution in [0.15, 0.2) is 0 Å². The van der Waals surface area contributed by atoms with Crippen LogP contribution in [0.1, 0.15) is 129 Å². The van der Waals surface area contributed by atoms with Gasteiger partial charge in [-0.2, -0.15) is 0 Å². The molecule has 0 heterocycles. The van der Waals surface area contributed by atoms with E-state index in [-0.39, 0.29) is 42.0 Å². The van der Waals surface area contributed by atoms with Crippen molar-refractivity contribution >= 4 is 16.0 Å². The summed E-state index contributed by atoms with van der Waals surface area (Å²) in [5, 5.41) is 0. The van der Waals surface area contributed by atoms with Crippen LogP contribution in [-0.4, -0.2) is 43.1 Å². The average Bonchev–Trinajstić information content (AvgIpc) is 2.70. The first-order chi connectivity index (χ1) is 14.4. The molecule has 180 valence electrons. The fourth-order valence-electron chi connectivity index (χ4n) is 3.74. The van der Waals surface area contributed by atoms with E-state index in [0.717, 1.165) is 19.3 Å². The van der Waals surface area contributed by atoms with Crippen molar-refractivity contribution in [2.45, 2.75) is 129 Å². The molecule has 0 unspecified atom stereocenters. The Kier molecular flexibility index (Phi) is 25.5. The van der Waals surface area contributed by atoms with Crippen LogP contribution in [0.4, 0.5) is 0 Å². The Morgan fingerprint density at radius 2 is 1.00 bits per heavy atom. The number of unbranched alkanes of at least 4 members (excludes halogenated alkanes) is 17. The van der Waals surface area contributed by atoms with E-state index in [2.05, 4.69) is 6.92 Å². The van der Waals surface area contributed by atoms with Gasteiger partial charge in [0.2, 0.25) is 5.91 Å². The van der Waals surface area contributed by atoms with E-state index in [9.17, 15) is 17.8 Å². The van der Waals surface area contributed by atoms with E-state index in [1.54, 1.807) is 7.05 Å². The fourth-order valence-corrected chi connectivity index (χ4v) is 4.24. The molecule has 0 N–H and O–H groups in total. The molecule has 0 atom stereocenters. The molecule has 1 amide bonds. The SMILES string of the molecule is CCCCCCCCCCCCCCCCCCCCC(=O)N(C)CCS(=O)(=O)[O-].[Na+]. The fraction of sp³-hybridized carbons (Fsp3) is 0.958. The molecule has 0 saturated carbocycles. The molecular formula is C24H48NNaO4S. The van der Waals surface area contributed by atoms with E-state index in [1.165, 1.54) is 101 Å². The normalized spacial score (nSPS) is 11.3. The third-order valence-corrected chi connectivity index (χ3v) is 6.53.